The molecule has 6 heteroatoms. The van der Waals surface area contributed by atoms with Crippen LogP contribution in [0.2, 0.25) is 0 Å². The smallest absolute Gasteiger partial charge is 0.232 e. The Bertz CT molecular complexity index is 1520. The van der Waals surface area contributed by atoms with E-state index >= 15 is 0 Å². The lowest BCUT2D eigenvalue weighted by atomic mass is 9.99. The Balaban J connectivity index is 1.68. The van der Waals surface area contributed by atoms with Crippen LogP contribution in [0.15, 0.2) is 95.7 Å². The Morgan fingerprint density at radius 1 is 0.742 bits per heavy atom. The summed E-state index contributed by atoms with van der Waals surface area (Å²) >= 11 is 0. The van der Waals surface area contributed by atoms with E-state index in [2.05, 4.69) is 10.1 Å². The molecule has 5 nitrogen and oxygen atoms in total. The molecule has 0 bridgehead atoms. The van der Waals surface area contributed by atoms with Crippen LogP contribution < -0.4 is 0 Å². The van der Waals surface area contributed by atoms with E-state index in [9.17, 15) is 4.39 Å². The van der Waals surface area contributed by atoms with Gasteiger partial charge in [-0.05, 0) is 29.8 Å². The van der Waals surface area contributed by atoms with Gasteiger partial charge < -0.3 is 4.42 Å². The zero-order valence-electron chi connectivity index (χ0n) is 16.2. The van der Waals surface area contributed by atoms with Gasteiger partial charge in [-0.2, -0.15) is 0 Å². The minimum Gasteiger partial charge on any atom is -0.437 e. The van der Waals surface area contributed by atoms with Crippen LogP contribution in [0.3, 0.4) is 0 Å². The van der Waals surface area contributed by atoms with Gasteiger partial charge in [-0.25, -0.2) is 18.9 Å². The SMILES string of the molecule is Fc1ccc(-c2nc3c4c(-c5ccccc5)c(-c5ccccc5)oc4ncn3n2)cc1. The molecule has 6 aromatic rings. The predicted octanol–water partition coefficient (Wildman–Crippen LogP) is 6.01. The van der Waals surface area contributed by atoms with Gasteiger partial charge in [-0.1, -0.05) is 60.7 Å². The van der Waals surface area contributed by atoms with Crippen molar-refractivity contribution in [3.8, 4) is 33.8 Å². The minimum atomic E-state index is -0.301. The summed E-state index contributed by atoms with van der Waals surface area (Å²) in [5.41, 5.74) is 4.72. The van der Waals surface area contributed by atoms with Crippen molar-refractivity contribution in [2.75, 3.05) is 0 Å². The Morgan fingerprint density at radius 3 is 2.13 bits per heavy atom. The van der Waals surface area contributed by atoms with E-state index < -0.39 is 0 Å². The number of benzene rings is 3. The molecule has 0 radical (unpaired) electrons. The van der Waals surface area contributed by atoms with Gasteiger partial charge >= 0.3 is 0 Å². The molecule has 31 heavy (non-hydrogen) atoms. The van der Waals surface area contributed by atoms with E-state index in [0.29, 0.717) is 17.2 Å². The Morgan fingerprint density at radius 2 is 1.42 bits per heavy atom. The quantitative estimate of drug-likeness (QED) is 0.361. The van der Waals surface area contributed by atoms with Crippen LogP contribution in [0, 0.1) is 5.82 Å². The maximum atomic E-state index is 13.4. The van der Waals surface area contributed by atoms with Crippen LogP contribution in [0.25, 0.3) is 50.6 Å². The molecular weight excluding hydrogens is 391 g/mol. The highest BCUT2D eigenvalue weighted by Crippen LogP contribution is 2.41. The summed E-state index contributed by atoms with van der Waals surface area (Å²) in [5, 5.41) is 5.34. The highest BCUT2D eigenvalue weighted by molar-refractivity contribution is 6.07. The van der Waals surface area contributed by atoms with Crippen molar-refractivity contribution in [2.45, 2.75) is 0 Å². The largest absolute Gasteiger partial charge is 0.437 e. The molecule has 148 valence electrons. The molecule has 3 aromatic carbocycles. The summed E-state index contributed by atoms with van der Waals surface area (Å²) in [6.45, 7) is 0. The fraction of sp³-hybridized carbons (Fsp3) is 0. The van der Waals surface area contributed by atoms with Crippen molar-refractivity contribution in [3.63, 3.8) is 0 Å². The van der Waals surface area contributed by atoms with Crippen LogP contribution in [-0.2, 0) is 0 Å². The fourth-order valence-corrected chi connectivity index (χ4v) is 3.79. The minimum absolute atomic E-state index is 0.301. The summed E-state index contributed by atoms with van der Waals surface area (Å²) in [7, 11) is 0. The van der Waals surface area contributed by atoms with Crippen molar-refractivity contribution in [1.29, 1.82) is 0 Å². The van der Waals surface area contributed by atoms with Crippen LogP contribution in [0.4, 0.5) is 4.39 Å². The van der Waals surface area contributed by atoms with Gasteiger partial charge in [0.15, 0.2) is 11.5 Å². The van der Waals surface area contributed by atoms with Crippen LogP contribution >= 0.6 is 0 Å². The van der Waals surface area contributed by atoms with Crippen molar-refractivity contribution in [3.05, 3.63) is 97.1 Å². The number of hydrogen-bond acceptors (Lipinski definition) is 4. The third kappa shape index (κ3) is 2.88. The number of furan rings is 1. The van der Waals surface area contributed by atoms with Crippen LogP contribution in [0.1, 0.15) is 0 Å². The number of halogens is 1. The average Bonchev–Trinajstić information content (AvgIpc) is 3.42. The van der Waals surface area contributed by atoms with Crippen molar-refractivity contribution < 1.29 is 8.81 Å². The standard InChI is InChI=1S/C25H15FN4O/c26-19-13-11-18(12-14-19)23-28-24-21-20(16-7-3-1-4-8-16)22(17-9-5-2-6-10-17)31-25(21)27-15-30(24)29-23/h1-15H. The fourth-order valence-electron chi connectivity index (χ4n) is 3.79. The summed E-state index contributed by atoms with van der Waals surface area (Å²) in [6, 6.07) is 26.1. The topological polar surface area (TPSA) is 56.2 Å². The summed E-state index contributed by atoms with van der Waals surface area (Å²) in [5.74, 6) is 0.926. The molecule has 0 unspecified atom stereocenters. The van der Waals surface area contributed by atoms with Crippen molar-refractivity contribution >= 4 is 16.7 Å². The number of rotatable bonds is 3. The Kier molecular flexibility index (Phi) is 3.89. The van der Waals surface area contributed by atoms with Crippen LogP contribution in [0.5, 0.6) is 0 Å². The van der Waals surface area contributed by atoms with E-state index in [1.165, 1.54) is 12.1 Å². The normalized spacial score (nSPS) is 11.4. The monoisotopic (exact) mass is 406 g/mol. The Hall–Kier alpha value is -4.32. The van der Waals surface area contributed by atoms with Gasteiger partial charge in [0, 0.05) is 16.7 Å². The van der Waals surface area contributed by atoms with Gasteiger partial charge in [0.2, 0.25) is 5.71 Å². The summed E-state index contributed by atoms with van der Waals surface area (Å²) in [4.78, 5) is 9.26. The molecule has 0 N–H and O–H groups in total. The molecule has 0 saturated heterocycles. The molecule has 0 spiro atoms. The molecule has 0 aliphatic rings. The van der Waals surface area contributed by atoms with Gasteiger partial charge in [0.1, 0.15) is 17.9 Å². The van der Waals surface area contributed by atoms with E-state index in [0.717, 1.165) is 33.4 Å². The number of hydrogen-bond donors (Lipinski definition) is 0. The molecule has 0 fully saturated rings. The van der Waals surface area contributed by atoms with Crippen molar-refractivity contribution in [1.82, 2.24) is 19.6 Å². The maximum absolute atomic E-state index is 13.4. The summed E-state index contributed by atoms with van der Waals surface area (Å²) < 4.78 is 21.2. The first-order valence-electron chi connectivity index (χ1n) is 9.82. The molecule has 0 saturated carbocycles. The third-order valence-corrected chi connectivity index (χ3v) is 5.23. The van der Waals surface area contributed by atoms with Gasteiger partial charge in [0.05, 0.1) is 5.39 Å². The first-order chi connectivity index (χ1) is 15.3. The molecule has 3 heterocycles. The predicted molar refractivity (Wildman–Crippen MR) is 117 cm³/mol. The summed E-state index contributed by atoms with van der Waals surface area (Å²) in [6.07, 6.45) is 1.59. The molecule has 0 aliphatic heterocycles. The number of fused-ring (bicyclic) bond motifs is 3. The van der Waals surface area contributed by atoms with E-state index in [-0.39, 0.29) is 5.82 Å². The first-order valence-corrected chi connectivity index (χ1v) is 9.82. The number of nitrogens with zero attached hydrogens (tertiary/aromatic N) is 4. The lowest BCUT2D eigenvalue weighted by Gasteiger charge is -2.03. The second-order valence-electron chi connectivity index (χ2n) is 7.17. The second kappa shape index (κ2) is 6.88. The van der Waals surface area contributed by atoms with E-state index in [1.54, 1.807) is 23.0 Å². The first kappa shape index (κ1) is 17.5. The van der Waals surface area contributed by atoms with Gasteiger partial charge in [0.25, 0.3) is 0 Å². The lowest BCUT2D eigenvalue weighted by molar-refractivity contribution is 0.617. The second-order valence-corrected chi connectivity index (χ2v) is 7.17. The van der Waals surface area contributed by atoms with Crippen LogP contribution in [-0.4, -0.2) is 19.6 Å². The molecule has 6 rings (SSSR count). The average molecular weight is 406 g/mol. The molecule has 0 amide bonds. The highest BCUT2D eigenvalue weighted by atomic mass is 19.1. The Labute approximate surface area is 176 Å². The maximum Gasteiger partial charge on any atom is 0.232 e. The molecular formula is C25H15FN4O. The lowest BCUT2D eigenvalue weighted by Crippen LogP contribution is -1.90. The van der Waals surface area contributed by atoms with Crippen molar-refractivity contribution in [2.24, 2.45) is 0 Å². The molecule has 3 aromatic heterocycles. The van der Waals surface area contributed by atoms with E-state index in [1.807, 2.05) is 60.7 Å². The third-order valence-electron chi connectivity index (χ3n) is 5.23. The molecule has 0 aliphatic carbocycles. The van der Waals surface area contributed by atoms with E-state index in [4.69, 9.17) is 9.40 Å². The zero-order chi connectivity index (χ0) is 20.8. The molecule has 0 atom stereocenters. The number of aromatic nitrogens is 4. The van der Waals surface area contributed by atoms with Gasteiger partial charge in [-0.3, -0.25) is 0 Å². The zero-order valence-corrected chi connectivity index (χ0v) is 16.2. The van der Waals surface area contributed by atoms with Gasteiger partial charge in [-0.15, -0.1) is 5.10 Å². The highest BCUT2D eigenvalue weighted by Gasteiger charge is 2.23.